The molecule has 5 heteroatoms. The summed E-state index contributed by atoms with van der Waals surface area (Å²) in [6, 6.07) is 8.32. The average Bonchev–Trinajstić information content (AvgIpc) is 2.98. The predicted octanol–water partition coefficient (Wildman–Crippen LogP) is 1.62. The Kier molecular flexibility index (Phi) is 5.06. The van der Waals surface area contributed by atoms with Crippen LogP contribution in [0.3, 0.4) is 0 Å². The van der Waals surface area contributed by atoms with Gasteiger partial charge in [0.1, 0.15) is 0 Å². The maximum absolute atomic E-state index is 12.7. The minimum Gasteiger partial charge on any atom is -0.392 e. The molecule has 2 aliphatic heterocycles. The second-order valence-electron chi connectivity index (χ2n) is 6.11. The Balaban J connectivity index is 1.51. The normalized spacial score (nSPS) is 23.4. The Bertz CT molecular complexity index is 504. The zero-order chi connectivity index (χ0) is 15.5. The molecule has 1 N–H and O–H groups in total. The number of aliphatic hydroxyl groups is 1. The van der Waals surface area contributed by atoms with Crippen LogP contribution in [0, 0.1) is 0 Å². The summed E-state index contributed by atoms with van der Waals surface area (Å²) in [5.74, 6) is 0.275. The molecule has 1 saturated heterocycles. The predicted molar refractivity (Wildman–Crippen MR) is 89.1 cm³/mol. The first-order valence-electron chi connectivity index (χ1n) is 8.11. The molecule has 1 aromatic carbocycles. The van der Waals surface area contributed by atoms with Gasteiger partial charge in [0.25, 0.3) is 0 Å². The van der Waals surface area contributed by atoms with Crippen LogP contribution < -0.4 is 0 Å². The van der Waals surface area contributed by atoms with Crippen LogP contribution in [0.25, 0.3) is 0 Å². The second kappa shape index (κ2) is 7.02. The smallest absolute Gasteiger partial charge is 0.236 e. The van der Waals surface area contributed by atoms with Gasteiger partial charge in [0.2, 0.25) is 5.91 Å². The minimum atomic E-state index is -0.248. The van der Waals surface area contributed by atoms with Gasteiger partial charge in [-0.1, -0.05) is 25.1 Å². The van der Waals surface area contributed by atoms with Crippen LogP contribution in [0.4, 0.5) is 0 Å². The highest BCUT2D eigenvalue weighted by Gasteiger charge is 2.32. The number of carbonyl (C=O) groups is 1. The van der Waals surface area contributed by atoms with Gasteiger partial charge in [-0.15, -0.1) is 11.8 Å². The maximum atomic E-state index is 12.7. The van der Waals surface area contributed by atoms with Crippen LogP contribution in [0.15, 0.2) is 29.2 Å². The van der Waals surface area contributed by atoms with Crippen LogP contribution in [-0.4, -0.2) is 64.9 Å². The standard InChI is InChI=1S/C17H24N2O2S/c1-2-14(20)12-18-7-9-19(10-8-18)17(21)16-11-13-5-3-4-6-15(13)22-16/h3-6,14,16,20H,2,7-12H2,1H3/t14-,16-/m0/s1. The highest BCUT2D eigenvalue weighted by molar-refractivity contribution is 8.01. The summed E-state index contributed by atoms with van der Waals surface area (Å²) < 4.78 is 0. The van der Waals surface area contributed by atoms with Crippen LogP contribution >= 0.6 is 11.8 Å². The van der Waals surface area contributed by atoms with Gasteiger partial charge in [0.05, 0.1) is 11.4 Å². The van der Waals surface area contributed by atoms with Gasteiger partial charge in [-0.25, -0.2) is 0 Å². The minimum absolute atomic E-state index is 0.0465. The SMILES string of the molecule is CC[C@H](O)CN1CCN(C(=O)[C@@H]2Cc3ccccc3S2)CC1. The molecule has 0 unspecified atom stereocenters. The van der Waals surface area contributed by atoms with Crippen LogP contribution in [0.1, 0.15) is 18.9 Å². The van der Waals surface area contributed by atoms with E-state index in [4.69, 9.17) is 0 Å². The lowest BCUT2D eigenvalue weighted by Crippen LogP contribution is -2.52. The number of amides is 1. The number of carbonyl (C=O) groups excluding carboxylic acids is 1. The van der Waals surface area contributed by atoms with E-state index in [1.54, 1.807) is 11.8 Å². The van der Waals surface area contributed by atoms with Crippen molar-refractivity contribution in [2.75, 3.05) is 32.7 Å². The molecule has 22 heavy (non-hydrogen) atoms. The van der Waals surface area contributed by atoms with Gasteiger partial charge in [-0.05, 0) is 24.5 Å². The van der Waals surface area contributed by atoms with Crippen molar-refractivity contribution in [1.82, 2.24) is 9.80 Å². The fourth-order valence-corrected chi connectivity index (χ4v) is 4.38. The molecule has 0 spiro atoms. The number of benzene rings is 1. The Morgan fingerprint density at radius 1 is 1.32 bits per heavy atom. The molecule has 2 heterocycles. The van der Waals surface area contributed by atoms with Gasteiger partial charge in [0, 0.05) is 37.6 Å². The molecule has 2 atom stereocenters. The summed E-state index contributed by atoms with van der Waals surface area (Å²) in [4.78, 5) is 18.2. The van der Waals surface area contributed by atoms with E-state index in [0.29, 0.717) is 0 Å². The van der Waals surface area contributed by atoms with E-state index in [1.165, 1.54) is 10.5 Å². The number of thioether (sulfide) groups is 1. The van der Waals surface area contributed by atoms with Crippen LogP contribution in [0.2, 0.25) is 0 Å². The van der Waals surface area contributed by atoms with E-state index in [0.717, 1.165) is 45.6 Å². The Labute approximate surface area is 136 Å². The fraction of sp³-hybridized carbons (Fsp3) is 0.588. The van der Waals surface area contributed by atoms with Crippen molar-refractivity contribution in [3.8, 4) is 0 Å². The van der Waals surface area contributed by atoms with E-state index in [9.17, 15) is 9.90 Å². The molecule has 0 aliphatic carbocycles. The van der Waals surface area contributed by atoms with Crippen molar-refractivity contribution in [1.29, 1.82) is 0 Å². The quantitative estimate of drug-likeness (QED) is 0.915. The molecule has 0 aromatic heterocycles. The van der Waals surface area contributed by atoms with Gasteiger partial charge in [0.15, 0.2) is 0 Å². The monoisotopic (exact) mass is 320 g/mol. The summed E-state index contributed by atoms with van der Waals surface area (Å²) in [5, 5.41) is 9.78. The van der Waals surface area contributed by atoms with Crippen molar-refractivity contribution in [2.45, 2.75) is 36.0 Å². The Morgan fingerprint density at radius 2 is 2.05 bits per heavy atom. The van der Waals surface area contributed by atoms with Gasteiger partial charge < -0.3 is 10.0 Å². The lowest BCUT2D eigenvalue weighted by molar-refractivity contribution is -0.132. The first kappa shape index (κ1) is 15.8. The zero-order valence-corrected chi connectivity index (χ0v) is 13.9. The van der Waals surface area contributed by atoms with E-state index < -0.39 is 0 Å². The first-order chi connectivity index (χ1) is 10.7. The molecule has 0 radical (unpaired) electrons. The first-order valence-corrected chi connectivity index (χ1v) is 8.99. The summed E-state index contributed by atoms with van der Waals surface area (Å²) >= 11 is 1.71. The van der Waals surface area contributed by atoms with Gasteiger partial charge in [-0.2, -0.15) is 0 Å². The summed E-state index contributed by atoms with van der Waals surface area (Å²) in [7, 11) is 0. The number of aliphatic hydroxyl groups excluding tert-OH is 1. The van der Waals surface area contributed by atoms with Gasteiger partial charge >= 0.3 is 0 Å². The molecular formula is C17H24N2O2S. The molecule has 3 rings (SSSR count). The molecule has 0 bridgehead atoms. The number of rotatable bonds is 4. The highest BCUT2D eigenvalue weighted by Crippen LogP contribution is 2.37. The van der Waals surface area contributed by atoms with Crippen molar-refractivity contribution in [2.24, 2.45) is 0 Å². The number of hydrogen-bond acceptors (Lipinski definition) is 4. The summed E-state index contributed by atoms with van der Waals surface area (Å²) in [5.41, 5.74) is 1.30. The molecule has 1 aromatic rings. The van der Waals surface area contributed by atoms with Crippen molar-refractivity contribution in [3.63, 3.8) is 0 Å². The van der Waals surface area contributed by atoms with Crippen molar-refractivity contribution < 1.29 is 9.90 Å². The number of nitrogens with zero attached hydrogens (tertiary/aromatic N) is 2. The highest BCUT2D eigenvalue weighted by atomic mass is 32.2. The lowest BCUT2D eigenvalue weighted by Gasteiger charge is -2.36. The number of piperazine rings is 1. The molecule has 0 saturated carbocycles. The third-order valence-electron chi connectivity index (χ3n) is 4.55. The summed E-state index contributed by atoms with van der Waals surface area (Å²) in [6.45, 7) is 6.02. The molecule has 120 valence electrons. The lowest BCUT2D eigenvalue weighted by atomic mass is 10.1. The number of fused-ring (bicyclic) bond motifs is 1. The van der Waals surface area contributed by atoms with Crippen molar-refractivity contribution >= 4 is 17.7 Å². The molecule has 1 fully saturated rings. The molecule has 1 amide bonds. The fourth-order valence-electron chi connectivity index (χ4n) is 3.10. The van der Waals surface area contributed by atoms with E-state index in [2.05, 4.69) is 17.0 Å². The molecular weight excluding hydrogens is 296 g/mol. The van der Waals surface area contributed by atoms with E-state index >= 15 is 0 Å². The Hall–Kier alpha value is -1.04. The van der Waals surface area contributed by atoms with Crippen molar-refractivity contribution in [3.05, 3.63) is 29.8 Å². The zero-order valence-electron chi connectivity index (χ0n) is 13.1. The van der Waals surface area contributed by atoms with E-state index in [1.807, 2.05) is 24.0 Å². The number of hydrogen-bond donors (Lipinski definition) is 1. The van der Waals surface area contributed by atoms with Crippen LogP contribution in [-0.2, 0) is 11.2 Å². The second-order valence-corrected chi connectivity index (χ2v) is 7.35. The number of β-amino-alcohol motifs (C(OH)–C–C–N with tert-alkyl or cyclic N) is 1. The third kappa shape index (κ3) is 3.47. The van der Waals surface area contributed by atoms with Crippen LogP contribution in [0.5, 0.6) is 0 Å². The summed E-state index contributed by atoms with van der Waals surface area (Å²) in [6.07, 6.45) is 1.40. The van der Waals surface area contributed by atoms with Gasteiger partial charge in [-0.3, -0.25) is 9.69 Å². The maximum Gasteiger partial charge on any atom is 0.236 e. The topological polar surface area (TPSA) is 43.8 Å². The van der Waals surface area contributed by atoms with E-state index in [-0.39, 0.29) is 17.3 Å². The average molecular weight is 320 g/mol. The largest absolute Gasteiger partial charge is 0.392 e. The molecule has 2 aliphatic rings. The molecule has 4 nitrogen and oxygen atoms in total. The third-order valence-corrected chi connectivity index (χ3v) is 5.85. The Morgan fingerprint density at radius 3 is 2.73 bits per heavy atom.